The predicted octanol–water partition coefficient (Wildman–Crippen LogP) is 1.45. The molecular formula is C14H20N2O3. The van der Waals surface area contributed by atoms with Crippen LogP contribution in [-0.2, 0) is 14.3 Å². The first-order valence-corrected chi connectivity index (χ1v) is 6.72. The van der Waals surface area contributed by atoms with Gasteiger partial charge in [-0.3, -0.25) is 10.3 Å². The molecule has 0 amide bonds. The van der Waals surface area contributed by atoms with Crippen LogP contribution in [0.2, 0.25) is 0 Å². The molecule has 5 nitrogen and oxygen atoms in total. The van der Waals surface area contributed by atoms with Crippen molar-refractivity contribution in [3.8, 4) is 0 Å². The zero-order valence-electron chi connectivity index (χ0n) is 11.2. The topological polar surface area (TPSA) is 60.5 Å². The molecule has 5 heteroatoms. The largest absolute Gasteiger partial charge is 0.465 e. The van der Waals surface area contributed by atoms with Crippen LogP contribution in [-0.4, -0.2) is 36.8 Å². The molecule has 1 aromatic heterocycles. The van der Waals surface area contributed by atoms with Gasteiger partial charge < -0.3 is 9.47 Å². The summed E-state index contributed by atoms with van der Waals surface area (Å²) in [5.74, 6) is -0.270. The van der Waals surface area contributed by atoms with Gasteiger partial charge in [0.15, 0.2) is 0 Å². The molecule has 1 fully saturated rings. The third kappa shape index (κ3) is 4.01. The number of aromatic nitrogens is 1. The van der Waals surface area contributed by atoms with Crippen LogP contribution in [0.15, 0.2) is 24.5 Å². The van der Waals surface area contributed by atoms with Crippen molar-refractivity contribution in [1.29, 1.82) is 0 Å². The Balaban J connectivity index is 1.99. The van der Waals surface area contributed by atoms with Crippen molar-refractivity contribution in [2.45, 2.75) is 31.9 Å². The zero-order chi connectivity index (χ0) is 13.5. The number of carbonyl (C=O) groups excluding carboxylic acids is 1. The molecule has 0 bridgehead atoms. The highest BCUT2D eigenvalue weighted by atomic mass is 16.5. The van der Waals surface area contributed by atoms with E-state index in [9.17, 15) is 4.79 Å². The maximum atomic E-state index is 12.0. The maximum absolute atomic E-state index is 12.0. The number of hydrogen-bond acceptors (Lipinski definition) is 5. The van der Waals surface area contributed by atoms with Gasteiger partial charge in [-0.25, -0.2) is 4.79 Å². The number of esters is 1. The monoisotopic (exact) mass is 264 g/mol. The molecule has 2 unspecified atom stereocenters. The first-order chi connectivity index (χ1) is 9.31. The SMILES string of the molecule is CCOC(=O)C(NCC1CCCO1)c1cccnc1. The van der Waals surface area contributed by atoms with Crippen molar-refractivity contribution in [3.05, 3.63) is 30.1 Å². The average Bonchev–Trinajstić information content (AvgIpc) is 2.94. The molecule has 1 saturated heterocycles. The lowest BCUT2D eigenvalue weighted by molar-refractivity contribution is -0.146. The van der Waals surface area contributed by atoms with Crippen molar-refractivity contribution >= 4 is 5.97 Å². The van der Waals surface area contributed by atoms with Crippen molar-refractivity contribution in [2.24, 2.45) is 0 Å². The second-order valence-corrected chi connectivity index (χ2v) is 4.51. The fraction of sp³-hybridized carbons (Fsp3) is 0.571. The van der Waals surface area contributed by atoms with E-state index in [1.54, 1.807) is 19.3 Å². The van der Waals surface area contributed by atoms with Gasteiger partial charge in [-0.15, -0.1) is 0 Å². The molecule has 0 aliphatic carbocycles. The van der Waals surface area contributed by atoms with Crippen LogP contribution in [0.1, 0.15) is 31.4 Å². The Hall–Kier alpha value is -1.46. The summed E-state index contributed by atoms with van der Waals surface area (Å²) in [5.41, 5.74) is 0.818. The highest BCUT2D eigenvalue weighted by Crippen LogP contribution is 2.16. The molecule has 0 spiro atoms. The molecule has 2 rings (SSSR count). The summed E-state index contributed by atoms with van der Waals surface area (Å²) in [5, 5.41) is 3.22. The van der Waals surface area contributed by atoms with Crippen LogP contribution >= 0.6 is 0 Å². The summed E-state index contributed by atoms with van der Waals surface area (Å²) in [6.45, 7) is 3.64. The predicted molar refractivity (Wildman–Crippen MR) is 70.6 cm³/mol. The van der Waals surface area contributed by atoms with E-state index in [-0.39, 0.29) is 12.1 Å². The van der Waals surface area contributed by atoms with E-state index in [4.69, 9.17) is 9.47 Å². The van der Waals surface area contributed by atoms with Crippen LogP contribution in [0.3, 0.4) is 0 Å². The Bertz CT molecular complexity index is 391. The van der Waals surface area contributed by atoms with Crippen LogP contribution in [0.4, 0.5) is 0 Å². The fourth-order valence-corrected chi connectivity index (χ4v) is 2.16. The molecule has 2 atom stereocenters. The minimum Gasteiger partial charge on any atom is -0.465 e. The van der Waals surface area contributed by atoms with Crippen LogP contribution < -0.4 is 5.32 Å². The lowest BCUT2D eigenvalue weighted by Gasteiger charge is -2.19. The van der Waals surface area contributed by atoms with E-state index in [1.807, 2.05) is 12.1 Å². The Morgan fingerprint density at radius 3 is 3.21 bits per heavy atom. The molecule has 0 radical (unpaired) electrons. The van der Waals surface area contributed by atoms with Crippen molar-refractivity contribution in [2.75, 3.05) is 19.8 Å². The molecule has 0 saturated carbocycles. The fourth-order valence-electron chi connectivity index (χ4n) is 2.16. The molecule has 2 heterocycles. The van der Waals surface area contributed by atoms with Gasteiger partial charge in [0.1, 0.15) is 6.04 Å². The summed E-state index contributed by atoms with van der Waals surface area (Å²) in [6, 6.07) is 3.21. The lowest BCUT2D eigenvalue weighted by Crippen LogP contribution is -2.35. The summed E-state index contributed by atoms with van der Waals surface area (Å²) >= 11 is 0. The summed E-state index contributed by atoms with van der Waals surface area (Å²) in [7, 11) is 0. The number of rotatable bonds is 6. The molecule has 104 valence electrons. The van der Waals surface area contributed by atoms with E-state index in [2.05, 4.69) is 10.3 Å². The van der Waals surface area contributed by atoms with E-state index in [1.165, 1.54) is 0 Å². The van der Waals surface area contributed by atoms with Crippen molar-refractivity contribution < 1.29 is 14.3 Å². The van der Waals surface area contributed by atoms with Crippen LogP contribution in [0, 0.1) is 0 Å². The molecule has 1 N–H and O–H groups in total. The third-order valence-electron chi connectivity index (χ3n) is 3.11. The maximum Gasteiger partial charge on any atom is 0.327 e. The number of carbonyl (C=O) groups is 1. The molecule has 1 aliphatic heterocycles. The van der Waals surface area contributed by atoms with Gasteiger partial charge >= 0.3 is 5.97 Å². The molecule has 0 aromatic carbocycles. The Morgan fingerprint density at radius 1 is 1.68 bits per heavy atom. The number of ether oxygens (including phenoxy) is 2. The highest BCUT2D eigenvalue weighted by molar-refractivity contribution is 5.77. The van der Waals surface area contributed by atoms with Gasteiger partial charge in [-0.1, -0.05) is 6.07 Å². The minimum atomic E-state index is -0.474. The van der Waals surface area contributed by atoms with E-state index in [0.29, 0.717) is 13.2 Å². The van der Waals surface area contributed by atoms with E-state index < -0.39 is 6.04 Å². The van der Waals surface area contributed by atoms with Gasteiger partial charge in [0.25, 0.3) is 0 Å². The first-order valence-electron chi connectivity index (χ1n) is 6.72. The van der Waals surface area contributed by atoms with E-state index >= 15 is 0 Å². The zero-order valence-corrected chi connectivity index (χ0v) is 11.2. The Morgan fingerprint density at radius 2 is 2.58 bits per heavy atom. The first kappa shape index (κ1) is 14.0. The molecule has 1 aliphatic rings. The van der Waals surface area contributed by atoms with Gasteiger partial charge in [-0.05, 0) is 31.4 Å². The average molecular weight is 264 g/mol. The molecule has 19 heavy (non-hydrogen) atoms. The second kappa shape index (κ2) is 7.21. The van der Waals surface area contributed by atoms with Gasteiger partial charge in [0.2, 0.25) is 0 Å². The number of nitrogens with one attached hydrogen (secondary N) is 1. The van der Waals surface area contributed by atoms with Gasteiger partial charge in [0, 0.05) is 25.5 Å². The third-order valence-corrected chi connectivity index (χ3v) is 3.11. The Kier molecular flexibility index (Phi) is 5.30. The standard InChI is InChI=1S/C14H20N2O3/c1-2-18-14(17)13(11-5-3-7-15-9-11)16-10-12-6-4-8-19-12/h3,5,7,9,12-13,16H,2,4,6,8,10H2,1H3. The van der Waals surface area contributed by atoms with Crippen molar-refractivity contribution in [3.63, 3.8) is 0 Å². The highest BCUT2D eigenvalue weighted by Gasteiger charge is 2.24. The summed E-state index contributed by atoms with van der Waals surface area (Å²) in [6.07, 6.45) is 5.68. The number of nitrogens with zero attached hydrogens (tertiary/aromatic N) is 1. The lowest BCUT2D eigenvalue weighted by atomic mass is 10.1. The van der Waals surface area contributed by atoms with E-state index in [0.717, 1.165) is 25.0 Å². The molecular weight excluding hydrogens is 244 g/mol. The second-order valence-electron chi connectivity index (χ2n) is 4.51. The molecule has 1 aromatic rings. The smallest absolute Gasteiger partial charge is 0.327 e. The Labute approximate surface area is 113 Å². The summed E-state index contributed by atoms with van der Waals surface area (Å²) in [4.78, 5) is 16.0. The van der Waals surface area contributed by atoms with Crippen LogP contribution in [0.5, 0.6) is 0 Å². The van der Waals surface area contributed by atoms with Gasteiger partial charge in [0.05, 0.1) is 12.7 Å². The number of pyridine rings is 1. The van der Waals surface area contributed by atoms with Crippen molar-refractivity contribution in [1.82, 2.24) is 10.3 Å². The number of hydrogen-bond donors (Lipinski definition) is 1. The summed E-state index contributed by atoms with van der Waals surface area (Å²) < 4.78 is 10.7. The normalized spacial score (nSPS) is 20.2. The quantitative estimate of drug-likeness (QED) is 0.788. The van der Waals surface area contributed by atoms with Crippen LogP contribution in [0.25, 0.3) is 0 Å². The minimum absolute atomic E-state index is 0.189. The van der Waals surface area contributed by atoms with Gasteiger partial charge in [-0.2, -0.15) is 0 Å².